The van der Waals surface area contributed by atoms with Crippen LogP contribution < -0.4 is 5.32 Å². The molecule has 1 fully saturated rings. The molecule has 1 saturated carbocycles. The van der Waals surface area contributed by atoms with E-state index in [1.807, 2.05) is 18.3 Å². The minimum atomic E-state index is 0.590. The Morgan fingerprint density at radius 2 is 2.38 bits per heavy atom. The second kappa shape index (κ2) is 5.75. The standard InChI is InChI=1S/C13H21N2P/c1-10(12-6-4-7-13(12)16)15-9-11-5-2-3-8-14-11/h2-3,5,8,10,12-13,15H,4,6-7,9,16H2,1H3/t10-,12?,13?/m0/s1. The SMILES string of the molecule is C[C@H](NCc1ccccn1)C1CCCC1P. The lowest BCUT2D eigenvalue weighted by Crippen LogP contribution is -2.35. The fourth-order valence-electron chi connectivity index (χ4n) is 2.56. The van der Waals surface area contributed by atoms with Crippen molar-refractivity contribution in [2.75, 3.05) is 0 Å². The molecule has 88 valence electrons. The van der Waals surface area contributed by atoms with Gasteiger partial charge < -0.3 is 5.32 Å². The summed E-state index contributed by atoms with van der Waals surface area (Å²) in [5, 5.41) is 3.60. The molecule has 1 heterocycles. The lowest BCUT2D eigenvalue weighted by Gasteiger charge is -2.24. The van der Waals surface area contributed by atoms with Crippen LogP contribution in [0.5, 0.6) is 0 Å². The molecule has 0 saturated heterocycles. The molecule has 0 radical (unpaired) electrons. The molecule has 1 aromatic rings. The molecular weight excluding hydrogens is 215 g/mol. The molecular formula is C13H21N2P. The van der Waals surface area contributed by atoms with E-state index in [1.165, 1.54) is 19.3 Å². The maximum absolute atomic E-state index is 4.33. The van der Waals surface area contributed by atoms with Crippen LogP contribution in [0.25, 0.3) is 0 Å². The number of hydrogen-bond acceptors (Lipinski definition) is 2. The van der Waals surface area contributed by atoms with Crippen LogP contribution in [0.1, 0.15) is 31.9 Å². The average molecular weight is 236 g/mol. The normalized spacial score (nSPS) is 26.9. The van der Waals surface area contributed by atoms with Crippen molar-refractivity contribution in [2.45, 2.75) is 44.4 Å². The van der Waals surface area contributed by atoms with Crippen molar-refractivity contribution in [3.8, 4) is 0 Å². The van der Waals surface area contributed by atoms with Gasteiger partial charge >= 0.3 is 0 Å². The molecule has 3 unspecified atom stereocenters. The first-order valence-electron chi connectivity index (χ1n) is 6.16. The van der Waals surface area contributed by atoms with E-state index in [0.717, 1.165) is 23.8 Å². The van der Waals surface area contributed by atoms with Crippen LogP contribution >= 0.6 is 9.24 Å². The Morgan fingerprint density at radius 1 is 1.50 bits per heavy atom. The summed E-state index contributed by atoms with van der Waals surface area (Å²) in [4.78, 5) is 4.33. The molecule has 1 aromatic heterocycles. The summed E-state index contributed by atoms with van der Waals surface area (Å²) in [6.07, 6.45) is 5.97. The summed E-state index contributed by atoms with van der Waals surface area (Å²) in [6.45, 7) is 3.19. The lowest BCUT2D eigenvalue weighted by molar-refractivity contribution is 0.385. The molecule has 4 atom stereocenters. The minimum absolute atomic E-state index is 0.590. The molecule has 0 amide bonds. The predicted octanol–water partition coefficient (Wildman–Crippen LogP) is 2.60. The van der Waals surface area contributed by atoms with Gasteiger partial charge in [0.2, 0.25) is 0 Å². The third-order valence-electron chi connectivity index (χ3n) is 3.60. The second-order valence-corrected chi connectivity index (χ2v) is 5.61. The minimum Gasteiger partial charge on any atom is -0.308 e. The summed E-state index contributed by atoms with van der Waals surface area (Å²) < 4.78 is 0. The topological polar surface area (TPSA) is 24.9 Å². The maximum Gasteiger partial charge on any atom is 0.0541 e. The number of rotatable bonds is 4. The monoisotopic (exact) mass is 236 g/mol. The van der Waals surface area contributed by atoms with E-state index in [9.17, 15) is 0 Å². The van der Waals surface area contributed by atoms with Gasteiger partial charge in [0, 0.05) is 18.8 Å². The van der Waals surface area contributed by atoms with E-state index >= 15 is 0 Å². The molecule has 0 aliphatic heterocycles. The van der Waals surface area contributed by atoms with Gasteiger partial charge in [0.05, 0.1) is 5.69 Å². The Hall–Kier alpha value is -0.460. The van der Waals surface area contributed by atoms with Gasteiger partial charge in [0.25, 0.3) is 0 Å². The van der Waals surface area contributed by atoms with Crippen molar-refractivity contribution in [2.24, 2.45) is 5.92 Å². The van der Waals surface area contributed by atoms with Crippen molar-refractivity contribution in [3.63, 3.8) is 0 Å². The molecule has 3 heteroatoms. The van der Waals surface area contributed by atoms with Crippen LogP contribution in [0, 0.1) is 5.92 Å². The summed E-state index contributed by atoms with van der Waals surface area (Å²) in [5.74, 6) is 0.814. The zero-order valence-corrected chi connectivity index (χ0v) is 11.0. The van der Waals surface area contributed by atoms with Crippen molar-refractivity contribution in [1.29, 1.82) is 0 Å². The zero-order valence-electron chi connectivity index (χ0n) is 9.89. The number of hydrogen-bond donors (Lipinski definition) is 1. The number of nitrogens with one attached hydrogen (secondary N) is 1. The van der Waals surface area contributed by atoms with Gasteiger partial charge in [-0.25, -0.2) is 0 Å². The van der Waals surface area contributed by atoms with Gasteiger partial charge in [-0.15, -0.1) is 9.24 Å². The zero-order chi connectivity index (χ0) is 11.4. The summed E-state index contributed by atoms with van der Waals surface area (Å²) in [7, 11) is 3.00. The van der Waals surface area contributed by atoms with Gasteiger partial charge in [-0.3, -0.25) is 4.98 Å². The molecule has 1 aliphatic carbocycles. The van der Waals surface area contributed by atoms with Crippen LogP contribution in [-0.2, 0) is 6.54 Å². The van der Waals surface area contributed by atoms with E-state index < -0.39 is 0 Å². The van der Waals surface area contributed by atoms with E-state index in [-0.39, 0.29) is 0 Å². The molecule has 1 aliphatic rings. The molecule has 0 bridgehead atoms. The first-order valence-corrected chi connectivity index (χ1v) is 6.83. The third-order valence-corrected chi connectivity index (χ3v) is 4.43. The smallest absolute Gasteiger partial charge is 0.0541 e. The van der Waals surface area contributed by atoms with Crippen LogP contribution in [0.3, 0.4) is 0 Å². The van der Waals surface area contributed by atoms with Crippen molar-refractivity contribution in [3.05, 3.63) is 30.1 Å². The maximum atomic E-state index is 4.33. The number of aromatic nitrogens is 1. The number of nitrogens with zero attached hydrogens (tertiary/aromatic N) is 1. The highest BCUT2D eigenvalue weighted by Crippen LogP contribution is 2.33. The first kappa shape index (κ1) is 12.0. The summed E-state index contributed by atoms with van der Waals surface area (Å²) in [5.41, 5.74) is 1.93. The summed E-state index contributed by atoms with van der Waals surface area (Å²) in [6, 6.07) is 6.67. The molecule has 2 rings (SSSR count). The first-order chi connectivity index (χ1) is 7.77. The van der Waals surface area contributed by atoms with E-state index in [4.69, 9.17) is 0 Å². The Labute approximate surface area is 100 Å². The fourth-order valence-corrected chi connectivity index (χ4v) is 3.32. The molecule has 1 N–H and O–H groups in total. The van der Waals surface area contributed by atoms with E-state index in [0.29, 0.717) is 6.04 Å². The largest absolute Gasteiger partial charge is 0.308 e. The predicted molar refractivity (Wildman–Crippen MR) is 71.4 cm³/mol. The number of pyridine rings is 1. The molecule has 0 spiro atoms. The quantitative estimate of drug-likeness (QED) is 0.813. The van der Waals surface area contributed by atoms with Crippen LogP contribution in [0.2, 0.25) is 0 Å². The van der Waals surface area contributed by atoms with Crippen molar-refractivity contribution >= 4 is 9.24 Å². The van der Waals surface area contributed by atoms with E-state index in [2.05, 4.69) is 32.5 Å². The Morgan fingerprint density at radius 3 is 3.00 bits per heavy atom. The highest BCUT2D eigenvalue weighted by Gasteiger charge is 2.27. The van der Waals surface area contributed by atoms with Crippen molar-refractivity contribution < 1.29 is 0 Å². The van der Waals surface area contributed by atoms with Gasteiger partial charge in [0.15, 0.2) is 0 Å². The Bertz CT molecular complexity index is 315. The highest BCUT2D eigenvalue weighted by molar-refractivity contribution is 7.17. The molecule has 2 nitrogen and oxygen atoms in total. The molecule has 16 heavy (non-hydrogen) atoms. The summed E-state index contributed by atoms with van der Waals surface area (Å²) >= 11 is 0. The third kappa shape index (κ3) is 3.02. The Balaban J connectivity index is 1.81. The van der Waals surface area contributed by atoms with Gasteiger partial charge in [0.1, 0.15) is 0 Å². The Kier molecular flexibility index (Phi) is 4.31. The van der Waals surface area contributed by atoms with Crippen molar-refractivity contribution in [1.82, 2.24) is 10.3 Å². The lowest BCUT2D eigenvalue weighted by atomic mass is 9.99. The average Bonchev–Trinajstić information content (AvgIpc) is 2.74. The van der Waals surface area contributed by atoms with Gasteiger partial charge in [-0.1, -0.05) is 12.5 Å². The van der Waals surface area contributed by atoms with E-state index in [1.54, 1.807) is 0 Å². The van der Waals surface area contributed by atoms with Crippen LogP contribution in [0.15, 0.2) is 24.4 Å². The van der Waals surface area contributed by atoms with Crippen LogP contribution in [0.4, 0.5) is 0 Å². The van der Waals surface area contributed by atoms with Crippen LogP contribution in [-0.4, -0.2) is 16.7 Å². The highest BCUT2D eigenvalue weighted by atomic mass is 31.0. The second-order valence-electron chi connectivity index (χ2n) is 4.75. The van der Waals surface area contributed by atoms with Gasteiger partial charge in [-0.05, 0) is 43.5 Å². The molecule has 0 aromatic carbocycles. The van der Waals surface area contributed by atoms with Gasteiger partial charge in [-0.2, -0.15) is 0 Å². The fraction of sp³-hybridized carbons (Fsp3) is 0.615.